The van der Waals surface area contributed by atoms with Crippen molar-refractivity contribution in [3.05, 3.63) is 40.2 Å². The first-order valence-electron chi connectivity index (χ1n) is 5.40. The minimum Gasteiger partial charge on any atom is -0.497 e. The maximum absolute atomic E-state index is 11.8. The number of hydrogen-bond donors (Lipinski definition) is 3. The number of nitrogens with zero attached hydrogens (tertiary/aromatic N) is 1. The average molecular weight is 276 g/mol. The van der Waals surface area contributed by atoms with Crippen LogP contribution in [0.25, 0.3) is 10.9 Å². The summed E-state index contributed by atoms with van der Waals surface area (Å²) >= 11 is 4.60. The SMILES string of the molecule is COc1ccc2[nH]c(=O)c(C=NNC(N)=S)cc2c1. The molecule has 0 aliphatic carbocycles. The first-order chi connectivity index (χ1) is 9.10. The van der Waals surface area contributed by atoms with Crippen LogP contribution < -0.4 is 21.5 Å². The van der Waals surface area contributed by atoms with Gasteiger partial charge in [0.25, 0.3) is 5.56 Å². The summed E-state index contributed by atoms with van der Waals surface area (Å²) in [4.78, 5) is 14.5. The normalized spacial score (nSPS) is 10.8. The Bertz CT molecular complexity index is 708. The molecule has 0 saturated heterocycles. The van der Waals surface area contributed by atoms with Crippen molar-refractivity contribution >= 4 is 34.4 Å². The molecule has 0 fully saturated rings. The van der Waals surface area contributed by atoms with Crippen LogP contribution in [0, 0.1) is 0 Å². The molecular formula is C12H12N4O2S. The Morgan fingerprint density at radius 2 is 2.32 bits per heavy atom. The molecule has 7 heteroatoms. The zero-order valence-electron chi connectivity index (χ0n) is 10.1. The predicted octanol–water partition coefficient (Wildman–Crippen LogP) is 0.704. The molecule has 2 rings (SSSR count). The van der Waals surface area contributed by atoms with Gasteiger partial charge in [0.1, 0.15) is 5.75 Å². The Morgan fingerprint density at radius 3 is 3.00 bits per heavy atom. The number of ether oxygens (including phenoxy) is 1. The second kappa shape index (κ2) is 5.49. The molecule has 2 aromatic rings. The summed E-state index contributed by atoms with van der Waals surface area (Å²) in [6, 6.07) is 7.09. The van der Waals surface area contributed by atoms with Gasteiger partial charge < -0.3 is 15.5 Å². The molecule has 19 heavy (non-hydrogen) atoms. The minimum absolute atomic E-state index is 0.0372. The van der Waals surface area contributed by atoms with E-state index in [9.17, 15) is 4.79 Å². The van der Waals surface area contributed by atoms with E-state index in [0.29, 0.717) is 11.3 Å². The fraction of sp³-hybridized carbons (Fsp3) is 0.0833. The Labute approximate surface area is 114 Å². The summed E-state index contributed by atoms with van der Waals surface area (Å²) in [7, 11) is 1.58. The second-order valence-corrected chi connectivity index (χ2v) is 4.18. The van der Waals surface area contributed by atoms with Crippen molar-refractivity contribution in [2.75, 3.05) is 7.11 Å². The third kappa shape index (κ3) is 3.08. The van der Waals surface area contributed by atoms with Gasteiger partial charge in [-0.1, -0.05) is 0 Å². The van der Waals surface area contributed by atoms with E-state index in [4.69, 9.17) is 10.5 Å². The van der Waals surface area contributed by atoms with E-state index in [1.54, 1.807) is 25.3 Å². The zero-order chi connectivity index (χ0) is 13.8. The van der Waals surface area contributed by atoms with Crippen LogP contribution in [-0.2, 0) is 0 Å². The topological polar surface area (TPSA) is 92.5 Å². The number of H-pyrrole nitrogens is 1. The standard InChI is InChI=1S/C12H12N4O2S/c1-18-9-2-3-10-7(5-9)4-8(11(17)15-10)6-14-16-12(13)19/h2-6H,1H3,(H,15,17)(H3,13,16,19). The van der Waals surface area contributed by atoms with E-state index in [2.05, 4.69) is 27.7 Å². The molecular weight excluding hydrogens is 264 g/mol. The first kappa shape index (κ1) is 13.0. The Kier molecular flexibility index (Phi) is 3.76. The number of fused-ring (bicyclic) bond motifs is 1. The number of nitrogens with two attached hydrogens (primary N) is 1. The third-order valence-corrected chi connectivity index (χ3v) is 2.55. The van der Waals surface area contributed by atoms with Crippen LogP contribution in [0.1, 0.15) is 5.56 Å². The minimum atomic E-state index is -0.244. The van der Waals surface area contributed by atoms with Gasteiger partial charge in [0.15, 0.2) is 5.11 Å². The molecule has 0 aliphatic rings. The lowest BCUT2D eigenvalue weighted by molar-refractivity contribution is 0.415. The number of nitrogens with one attached hydrogen (secondary N) is 2. The molecule has 1 aromatic heterocycles. The first-order valence-corrected chi connectivity index (χ1v) is 5.80. The van der Waals surface area contributed by atoms with Gasteiger partial charge in [-0.2, -0.15) is 5.10 Å². The zero-order valence-corrected chi connectivity index (χ0v) is 11.0. The van der Waals surface area contributed by atoms with Crippen LogP contribution in [-0.4, -0.2) is 23.4 Å². The van der Waals surface area contributed by atoms with Gasteiger partial charge in [0.2, 0.25) is 0 Å². The van der Waals surface area contributed by atoms with E-state index in [1.165, 1.54) is 6.21 Å². The summed E-state index contributed by atoms with van der Waals surface area (Å²) in [5, 5.41) is 4.64. The molecule has 98 valence electrons. The number of hydrogen-bond acceptors (Lipinski definition) is 4. The summed E-state index contributed by atoms with van der Waals surface area (Å²) in [6.45, 7) is 0. The fourth-order valence-corrected chi connectivity index (χ4v) is 1.64. The van der Waals surface area contributed by atoms with E-state index >= 15 is 0 Å². The highest BCUT2D eigenvalue weighted by Crippen LogP contribution is 2.18. The summed E-state index contributed by atoms with van der Waals surface area (Å²) in [6.07, 6.45) is 1.36. The van der Waals surface area contributed by atoms with Gasteiger partial charge in [-0.05, 0) is 36.5 Å². The van der Waals surface area contributed by atoms with Gasteiger partial charge in [-0.3, -0.25) is 10.2 Å². The van der Waals surface area contributed by atoms with Crippen molar-refractivity contribution in [2.45, 2.75) is 0 Å². The average Bonchev–Trinajstić information content (AvgIpc) is 2.38. The van der Waals surface area contributed by atoms with Crippen molar-refractivity contribution in [3.63, 3.8) is 0 Å². The maximum Gasteiger partial charge on any atom is 0.257 e. The van der Waals surface area contributed by atoms with Crippen molar-refractivity contribution in [2.24, 2.45) is 10.8 Å². The summed E-state index contributed by atoms with van der Waals surface area (Å²) < 4.78 is 5.13. The highest BCUT2D eigenvalue weighted by atomic mass is 32.1. The van der Waals surface area contributed by atoms with Gasteiger partial charge in [0, 0.05) is 10.9 Å². The molecule has 0 spiro atoms. The molecule has 1 heterocycles. The molecule has 6 nitrogen and oxygen atoms in total. The van der Waals surface area contributed by atoms with Gasteiger partial charge in [-0.25, -0.2) is 0 Å². The highest BCUT2D eigenvalue weighted by Gasteiger charge is 2.02. The van der Waals surface area contributed by atoms with Crippen LogP contribution in [0.15, 0.2) is 34.2 Å². The molecule has 0 saturated carbocycles. The number of rotatable bonds is 3. The number of methoxy groups -OCH3 is 1. The number of benzene rings is 1. The molecule has 0 amide bonds. The van der Waals surface area contributed by atoms with Gasteiger partial charge in [-0.15, -0.1) is 0 Å². The molecule has 0 bridgehead atoms. The largest absolute Gasteiger partial charge is 0.497 e. The molecule has 0 radical (unpaired) electrons. The van der Waals surface area contributed by atoms with E-state index in [0.717, 1.165) is 10.9 Å². The second-order valence-electron chi connectivity index (χ2n) is 3.74. The van der Waals surface area contributed by atoms with Crippen LogP contribution in [0.3, 0.4) is 0 Å². The van der Waals surface area contributed by atoms with Crippen LogP contribution in [0.5, 0.6) is 5.75 Å². The lowest BCUT2D eigenvalue weighted by Crippen LogP contribution is -2.24. The molecule has 0 aliphatic heterocycles. The highest BCUT2D eigenvalue weighted by molar-refractivity contribution is 7.80. The van der Waals surface area contributed by atoms with E-state index < -0.39 is 0 Å². The fourth-order valence-electron chi connectivity index (χ4n) is 1.59. The Hall–Kier alpha value is -2.41. The van der Waals surface area contributed by atoms with Crippen LogP contribution in [0.4, 0.5) is 0 Å². The third-order valence-electron chi connectivity index (χ3n) is 2.46. The number of aromatic nitrogens is 1. The molecule has 1 aromatic carbocycles. The summed E-state index contributed by atoms with van der Waals surface area (Å²) in [5.41, 5.74) is 8.50. The van der Waals surface area contributed by atoms with Gasteiger partial charge in [0.05, 0.1) is 18.9 Å². The molecule has 4 N–H and O–H groups in total. The van der Waals surface area contributed by atoms with Crippen LogP contribution in [0.2, 0.25) is 0 Å². The quantitative estimate of drug-likeness (QED) is 0.436. The Morgan fingerprint density at radius 1 is 1.53 bits per heavy atom. The number of pyridine rings is 1. The molecule has 0 unspecified atom stereocenters. The van der Waals surface area contributed by atoms with E-state index in [-0.39, 0.29) is 10.7 Å². The van der Waals surface area contributed by atoms with Crippen molar-refractivity contribution in [1.82, 2.24) is 10.4 Å². The van der Waals surface area contributed by atoms with Crippen molar-refractivity contribution < 1.29 is 4.74 Å². The van der Waals surface area contributed by atoms with Crippen molar-refractivity contribution in [3.8, 4) is 5.75 Å². The number of thiocarbonyl (C=S) groups is 1. The monoisotopic (exact) mass is 276 g/mol. The van der Waals surface area contributed by atoms with Crippen LogP contribution >= 0.6 is 12.2 Å². The Balaban J connectivity index is 2.44. The van der Waals surface area contributed by atoms with Crippen molar-refractivity contribution in [1.29, 1.82) is 0 Å². The lowest BCUT2D eigenvalue weighted by atomic mass is 10.1. The number of hydrazone groups is 1. The van der Waals surface area contributed by atoms with E-state index in [1.807, 2.05) is 6.07 Å². The van der Waals surface area contributed by atoms with Gasteiger partial charge >= 0.3 is 0 Å². The smallest absolute Gasteiger partial charge is 0.257 e. The molecule has 0 atom stereocenters. The maximum atomic E-state index is 11.8. The summed E-state index contributed by atoms with van der Waals surface area (Å²) in [5.74, 6) is 0.712. The predicted molar refractivity (Wildman–Crippen MR) is 78.6 cm³/mol. The number of aromatic amines is 1. The lowest BCUT2D eigenvalue weighted by Gasteiger charge is -2.03.